The lowest BCUT2D eigenvalue weighted by Crippen LogP contribution is -2.60. The van der Waals surface area contributed by atoms with Gasteiger partial charge in [-0.2, -0.15) is 0 Å². The minimum absolute atomic E-state index is 0.155. The van der Waals surface area contributed by atoms with E-state index in [0.29, 0.717) is 12.0 Å². The molecule has 1 rings (SSSR count). The van der Waals surface area contributed by atoms with Crippen molar-refractivity contribution in [3.8, 4) is 0 Å². The van der Waals surface area contributed by atoms with Crippen molar-refractivity contribution in [3.63, 3.8) is 0 Å². The second-order valence-electron chi connectivity index (χ2n) is 5.80. The molecule has 1 saturated heterocycles. The Balaban J connectivity index is 2.38. The van der Waals surface area contributed by atoms with Crippen molar-refractivity contribution in [3.05, 3.63) is 0 Å². The number of β-amino-alcohol motifs (C(OH)–C–C–N with tert-alkyl or cyclic N) is 1. The Morgan fingerprint density at radius 2 is 1.69 bits per heavy atom. The zero-order valence-electron chi connectivity index (χ0n) is 11.0. The van der Waals surface area contributed by atoms with Gasteiger partial charge in [0.2, 0.25) is 0 Å². The summed E-state index contributed by atoms with van der Waals surface area (Å²) >= 11 is 0. The summed E-state index contributed by atoms with van der Waals surface area (Å²) < 4.78 is 0. The fourth-order valence-electron chi connectivity index (χ4n) is 3.05. The van der Waals surface area contributed by atoms with Gasteiger partial charge in [-0.1, -0.05) is 26.7 Å². The molecular weight excluding hydrogens is 202 g/mol. The molecular formula is C13H27NO2. The van der Waals surface area contributed by atoms with Crippen molar-refractivity contribution in [1.29, 1.82) is 0 Å². The number of hydrogen-bond donors (Lipinski definition) is 2. The zero-order valence-corrected chi connectivity index (χ0v) is 11.0. The Hall–Kier alpha value is -0.120. The summed E-state index contributed by atoms with van der Waals surface area (Å²) in [7, 11) is 0. The molecule has 1 aliphatic rings. The van der Waals surface area contributed by atoms with Crippen LogP contribution in [0.3, 0.4) is 0 Å². The topological polar surface area (TPSA) is 43.7 Å². The molecule has 96 valence electrons. The highest BCUT2D eigenvalue weighted by molar-refractivity contribution is 4.96. The molecule has 1 atom stereocenters. The van der Waals surface area contributed by atoms with Crippen LogP contribution in [-0.2, 0) is 0 Å². The fourth-order valence-corrected chi connectivity index (χ4v) is 3.05. The van der Waals surface area contributed by atoms with Crippen LogP contribution in [0.1, 0.15) is 46.5 Å². The molecule has 0 amide bonds. The van der Waals surface area contributed by atoms with Crippen molar-refractivity contribution >= 4 is 0 Å². The van der Waals surface area contributed by atoms with Crippen molar-refractivity contribution in [2.45, 2.75) is 52.1 Å². The Morgan fingerprint density at radius 3 is 2.06 bits per heavy atom. The van der Waals surface area contributed by atoms with E-state index in [9.17, 15) is 5.11 Å². The Morgan fingerprint density at radius 1 is 1.19 bits per heavy atom. The SMILES string of the molecule is CCCC1(CCC)CN(CC(C)(O)CO)C1. The van der Waals surface area contributed by atoms with Gasteiger partial charge in [-0.25, -0.2) is 0 Å². The third-order valence-electron chi connectivity index (χ3n) is 3.58. The van der Waals surface area contributed by atoms with Gasteiger partial charge in [-0.05, 0) is 25.2 Å². The first-order valence-corrected chi connectivity index (χ1v) is 6.52. The summed E-state index contributed by atoms with van der Waals surface area (Å²) in [5.74, 6) is 0. The molecule has 1 heterocycles. The second kappa shape index (κ2) is 5.48. The number of aliphatic hydroxyl groups is 2. The maximum atomic E-state index is 9.80. The summed E-state index contributed by atoms with van der Waals surface area (Å²) in [5, 5.41) is 18.8. The Bertz CT molecular complexity index is 202. The highest BCUT2D eigenvalue weighted by atomic mass is 16.3. The van der Waals surface area contributed by atoms with Gasteiger partial charge in [0.05, 0.1) is 12.2 Å². The van der Waals surface area contributed by atoms with Gasteiger partial charge < -0.3 is 10.2 Å². The number of aliphatic hydroxyl groups excluding tert-OH is 1. The highest BCUT2D eigenvalue weighted by Gasteiger charge is 2.42. The van der Waals surface area contributed by atoms with E-state index in [2.05, 4.69) is 18.7 Å². The van der Waals surface area contributed by atoms with Crippen LogP contribution in [0.15, 0.2) is 0 Å². The van der Waals surface area contributed by atoms with Crippen LogP contribution in [0.2, 0.25) is 0 Å². The van der Waals surface area contributed by atoms with E-state index in [4.69, 9.17) is 5.11 Å². The maximum Gasteiger partial charge on any atom is 0.0975 e. The van der Waals surface area contributed by atoms with Crippen LogP contribution in [-0.4, -0.2) is 47.0 Å². The molecule has 1 fully saturated rings. The van der Waals surface area contributed by atoms with Gasteiger partial charge in [0, 0.05) is 19.6 Å². The average Bonchev–Trinajstić information content (AvgIpc) is 2.16. The summed E-state index contributed by atoms with van der Waals surface area (Å²) in [5.41, 5.74) is -0.445. The third kappa shape index (κ3) is 3.44. The molecule has 16 heavy (non-hydrogen) atoms. The molecule has 0 spiro atoms. The molecule has 0 radical (unpaired) electrons. The van der Waals surface area contributed by atoms with Crippen molar-refractivity contribution in [1.82, 2.24) is 4.90 Å². The first-order valence-electron chi connectivity index (χ1n) is 6.52. The van der Waals surface area contributed by atoms with Gasteiger partial charge in [0.1, 0.15) is 0 Å². The molecule has 0 aromatic rings. The predicted octanol–water partition coefficient (Wildman–Crippen LogP) is 1.63. The average molecular weight is 229 g/mol. The van der Waals surface area contributed by atoms with Crippen LogP contribution < -0.4 is 0 Å². The second-order valence-corrected chi connectivity index (χ2v) is 5.80. The molecule has 3 heteroatoms. The molecule has 0 aromatic heterocycles. The zero-order chi connectivity index (χ0) is 12.2. The maximum absolute atomic E-state index is 9.80. The molecule has 0 aliphatic carbocycles. The van der Waals surface area contributed by atoms with E-state index in [1.807, 2.05) is 0 Å². The lowest BCUT2D eigenvalue weighted by molar-refractivity contribution is -0.0853. The highest BCUT2D eigenvalue weighted by Crippen LogP contribution is 2.39. The molecule has 0 aromatic carbocycles. The number of rotatable bonds is 7. The number of likely N-dealkylation sites (tertiary alicyclic amines) is 1. The van der Waals surface area contributed by atoms with Crippen LogP contribution in [0.4, 0.5) is 0 Å². The summed E-state index contributed by atoms with van der Waals surface area (Å²) in [6.07, 6.45) is 5.06. The molecule has 0 bridgehead atoms. The van der Waals surface area contributed by atoms with Crippen LogP contribution in [0.25, 0.3) is 0 Å². The normalized spacial score (nSPS) is 23.8. The van der Waals surface area contributed by atoms with E-state index >= 15 is 0 Å². The van der Waals surface area contributed by atoms with Crippen molar-refractivity contribution in [2.75, 3.05) is 26.2 Å². The van der Waals surface area contributed by atoms with Crippen molar-refractivity contribution in [2.24, 2.45) is 5.41 Å². The molecule has 1 aliphatic heterocycles. The summed E-state index contributed by atoms with van der Waals surface area (Å²) in [6, 6.07) is 0. The Kier molecular flexibility index (Phi) is 4.77. The minimum Gasteiger partial charge on any atom is -0.393 e. The third-order valence-corrected chi connectivity index (χ3v) is 3.58. The van der Waals surface area contributed by atoms with Crippen molar-refractivity contribution < 1.29 is 10.2 Å². The number of nitrogens with zero attached hydrogens (tertiary/aromatic N) is 1. The fraction of sp³-hybridized carbons (Fsp3) is 1.00. The van der Waals surface area contributed by atoms with Crippen LogP contribution in [0, 0.1) is 5.41 Å². The van der Waals surface area contributed by atoms with E-state index in [1.54, 1.807) is 6.92 Å². The monoisotopic (exact) mass is 229 g/mol. The van der Waals surface area contributed by atoms with Gasteiger partial charge >= 0.3 is 0 Å². The van der Waals surface area contributed by atoms with Gasteiger partial charge in [0.15, 0.2) is 0 Å². The van der Waals surface area contributed by atoms with E-state index in [1.165, 1.54) is 25.7 Å². The molecule has 3 nitrogen and oxygen atoms in total. The van der Waals surface area contributed by atoms with Gasteiger partial charge in [-0.15, -0.1) is 0 Å². The predicted molar refractivity (Wildman–Crippen MR) is 66.4 cm³/mol. The van der Waals surface area contributed by atoms with Gasteiger partial charge in [0.25, 0.3) is 0 Å². The minimum atomic E-state index is -0.940. The standard InChI is InChI=1S/C13H27NO2/c1-4-6-13(7-5-2)9-14(10-13)8-12(3,16)11-15/h15-16H,4-11H2,1-3H3. The molecule has 1 unspecified atom stereocenters. The summed E-state index contributed by atoms with van der Waals surface area (Å²) in [4.78, 5) is 2.27. The smallest absolute Gasteiger partial charge is 0.0975 e. The lowest BCUT2D eigenvalue weighted by Gasteiger charge is -2.52. The molecule has 2 N–H and O–H groups in total. The van der Waals surface area contributed by atoms with E-state index in [-0.39, 0.29) is 6.61 Å². The first-order chi connectivity index (χ1) is 7.47. The largest absolute Gasteiger partial charge is 0.393 e. The lowest BCUT2D eigenvalue weighted by atomic mass is 9.72. The first kappa shape index (κ1) is 13.9. The van der Waals surface area contributed by atoms with E-state index in [0.717, 1.165) is 13.1 Å². The van der Waals surface area contributed by atoms with Crippen LogP contribution >= 0.6 is 0 Å². The van der Waals surface area contributed by atoms with Gasteiger partial charge in [-0.3, -0.25) is 4.90 Å². The molecule has 0 saturated carbocycles. The number of hydrogen-bond acceptors (Lipinski definition) is 3. The van der Waals surface area contributed by atoms with Crippen LogP contribution in [0.5, 0.6) is 0 Å². The van der Waals surface area contributed by atoms with E-state index < -0.39 is 5.60 Å². The Labute approximate surface area is 99.5 Å². The quantitative estimate of drug-likeness (QED) is 0.697. The summed E-state index contributed by atoms with van der Waals surface area (Å²) in [6.45, 7) is 8.80.